The second-order valence-corrected chi connectivity index (χ2v) is 29.2. The molecule has 3 rings (SSSR count). The lowest BCUT2D eigenvalue weighted by Crippen LogP contribution is -2.39. The van der Waals surface area contributed by atoms with Gasteiger partial charge in [-0.15, -0.1) is 0 Å². The van der Waals surface area contributed by atoms with Crippen LogP contribution in [-0.2, 0) is 0 Å². The molecule has 164 valence electrons. The van der Waals surface area contributed by atoms with Crippen molar-refractivity contribution >= 4 is 63.6 Å². The van der Waals surface area contributed by atoms with Gasteiger partial charge in [0.25, 0.3) is 0 Å². The Bertz CT molecular complexity index is 864. The molecular formula is C27H39PSi3. The van der Waals surface area contributed by atoms with Crippen molar-refractivity contribution in [2.24, 2.45) is 0 Å². The van der Waals surface area contributed by atoms with Crippen LogP contribution in [0.5, 0.6) is 0 Å². The van der Waals surface area contributed by atoms with Crippen molar-refractivity contribution in [3.63, 3.8) is 0 Å². The monoisotopic (exact) mass is 478 g/mol. The lowest BCUT2D eigenvalue weighted by atomic mass is 10.3. The molecule has 0 atom stereocenters. The highest BCUT2D eigenvalue weighted by Gasteiger charge is 2.22. The molecule has 0 N–H and O–H groups in total. The van der Waals surface area contributed by atoms with E-state index in [-0.39, 0.29) is 0 Å². The third kappa shape index (κ3) is 5.96. The first-order valence-electron chi connectivity index (χ1n) is 11.4. The van der Waals surface area contributed by atoms with Gasteiger partial charge in [0.05, 0.1) is 24.2 Å². The van der Waals surface area contributed by atoms with Crippen LogP contribution in [0.25, 0.3) is 0 Å². The first kappa shape index (κ1) is 24.4. The van der Waals surface area contributed by atoms with Gasteiger partial charge in [0.15, 0.2) is 0 Å². The molecule has 4 heteroatoms. The third-order valence-electron chi connectivity index (χ3n) is 5.97. The van der Waals surface area contributed by atoms with Crippen LogP contribution in [0.2, 0.25) is 58.9 Å². The van der Waals surface area contributed by atoms with Crippen LogP contribution in [-0.4, -0.2) is 24.2 Å². The Morgan fingerprint density at radius 2 is 0.548 bits per heavy atom. The van der Waals surface area contributed by atoms with Crippen molar-refractivity contribution in [2.75, 3.05) is 0 Å². The van der Waals surface area contributed by atoms with Gasteiger partial charge in [-0.2, -0.15) is 0 Å². The van der Waals surface area contributed by atoms with Gasteiger partial charge >= 0.3 is 0 Å². The number of hydrogen-bond acceptors (Lipinski definition) is 0. The van der Waals surface area contributed by atoms with Gasteiger partial charge in [-0.1, -0.05) is 147 Å². The number of rotatable bonds is 6. The van der Waals surface area contributed by atoms with Crippen LogP contribution < -0.4 is 31.5 Å². The maximum Gasteiger partial charge on any atom is 0.0775 e. The average molecular weight is 479 g/mol. The standard InChI is InChI=1S/C27H39PSi3/c1-29(2,3)25-16-10-22(11-17-25)28(23-12-18-26(19-13-23)30(4,5)6)24-14-20-27(21-15-24)31(7,8)9/h10-21H,1-9H3. The van der Waals surface area contributed by atoms with Crippen molar-refractivity contribution in [1.82, 2.24) is 0 Å². The highest BCUT2D eigenvalue weighted by molar-refractivity contribution is 7.79. The SMILES string of the molecule is C[Si](C)(C)c1ccc(P(c2ccc([Si](C)(C)C)cc2)c2ccc([Si](C)(C)C)cc2)cc1. The van der Waals surface area contributed by atoms with Crippen LogP contribution in [0.4, 0.5) is 0 Å². The predicted octanol–water partition coefficient (Wildman–Crippen LogP) is 5.08. The van der Waals surface area contributed by atoms with Gasteiger partial charge in [0, 0.05) is 0 Å². The summed E-state index contributed by atoms with van der Waals surface area (Å²) in [7, 11) is -4.41. The fraction of sp³-hybridized carbons (Fsp3) is 0.333. The normalized spacial score (nSPS) is 13.0. The van der Waals surface area contributed by atoms with Crippen molar-refractivity contribution in [3.8, 4) is 0 Å². The summed E-state index contributed by atoms with van der Waals surface area (Å²) in [5.41, 5.74) is 0. The topological polar surface area (TPSA) is 0 Å². The molecule has 0 aliphatic heterocycles. The van der Waals surface area contributed by atoms with Crippen molar-refractivity contribution < 1.29 is 0 Å². The molecule has 0 aliphatic carbocycles. The highest BCUT2D eigenvalue weighted by atomic mass is 31.1. The Morgan fingerprint density at radius 3 is 0.710 bits per heavy atom. The smallest absolute Gasteiger partial charge is 0.0656 e. The Balaban J connectivity index is 2.08. The van der Waals surface area contributed by atoms with Crippen LogP contribution in [0.3, 0.4) is 0 Å². The molecule has 0 saturated heterocycles. The summed E-state index contributed by atoms with van der Waals surface area (Å²) in [5, 5.41) is 8.98. The van der Waals surface area contributed by atoms with E-state index in [1.165, 1.54) is 31.5 Å². The fourth-order valence-corrected chi connectivity index (χ4v) is 9.51. The Kier molecular flexibility index (Phi) is 7.03. The molecule has 3 aromatic rings. The molecule has 0 aliphatic rings. The van der Waals surface area contributed by atoms with E-state index in [2.05, 4.69) is 132 Å². The first-order valence-corrected chi connectivity index (χ1v) is 23.2. The van der Waals surface area contributed by atoms with Gasteiger partial charge in [0.1, 0.15) is 0 Å². The van der Waals surface area contributed by atoms with E-state index in [1.54, 1.807) is 0 Å². The minimum absolute atomic E-state index is 0.544. The largest absolute Gasteiger partial charge is 0.0775 e. The molecular weight excluding hydrogens is 440 g/mol. The molecule has 0 unspecified atom stereocenters. The lowest BCUT2D eigenvalue weighted by molar-refractivity contribution is 1.69. The van der Waals surface area contributed by atoms with E-state index in [1.807, 2.05) is 0 Å². The van der Waals surface area contributed by atoms with Gasteiger partial charge in [-0.3, -0.25) is 0 Å². The van der Waals surface area contributed by atoms with Gasteiger partial charge in [-0.05, 0) is 23.8 Å². The second kappa shape index (κ2) is 8.94. The summed E-state index contributed by atoms with van der Waals surface area (Å²) < 4.78 is 0. The van der Waals surface area contributed by atoms with E-state index in [9.17, 15) is 0 Å². The summed E-state index contributed by atoms with van der Waals surface area (Å²) in [6.45, 7) is 21.8. The van der Waals surface area contributed by atoms with Gasteiger partial charge in [-0.25, -0.2) is 0 Å². The van der Waals surface area contributed by atoms with Crippen molar-refractivity contribution in [1.29, 1.82) is 0 Å². The maximum atomic E-state index is 2.43. The summed E-state index contributed by atoms with van der Waals surface area (Å²) in [4.78, 5) is 0. The molecule has 31 heavy (non-hydrogen) atoms. The molecule has 0 bridgehead atoms. The second-order valence-electron chi connectivity index (χ2n) is 11.7. The van der Waals surface area contributed by atoms with Crippen LogP contribution in [0.15, 0.2) is 72.8 Å². The van der Waals surface area contributed by atoms with Crippen LogP contribution >= 0.6 is 7.92 Å². The summed E-state index contributed by atoms with van der Waals surface area (Å²) >= 11 is 0. The van der Waals surface area contributed by atoms with E-state index in [0.29, 0.717) is 0 Å². The lowest BCUT2D eigenvalue weighted by Gasteiger charge is -2.24. The van der Waals surface area contributed by atoms with Gasteiger partial charge in [0.2, 0.25) is 0 Å². The molecule has 0 amide bonds. The highest BCUT2D eigenvalue weighted by Crippen LogP contribution is 2.32. The predicted molar refractivity (Wildman–Crippen MR) is 154 cm³/mol. The van der Waals surface area contributed by atoms with Crippen molar-refractivity contribution in [2.45, 2.75) is 58.9 Å². The minimum atomic E-state index is -1.29. The molecule has 0 heterocycles. The minimum Gasteiger partial charge on any atom is -0.0656 e. The first-order chi connectivity index (χ1) is 14.3. The third-order valence-corrected chi connectivity index (χ3v) is 14.6. The maximum absolute atomic E-state index is 2.43. The van der Waals surface area contributed by atoms with Gasteiger partial charge < -0.3 is 0 Å². The van der Waals surface area contributed by atoms with E-state index in [0.717, 1.165) is 0 Å². The molecule has 3 aromatic carbocycles. The van der Waals surface area contributed by atoms with Crippen molar-refractivity contribution in [3.05, 3.63) is 72.8 Å². The number of benzene rings is 3. The molecule has 0 spiro atoms. The molecule has 0 radical (unpaired) electrons. The van der Waals surface area contributed by atoms with E-state index >= 15 is 0 Å². The zero-order chi connectivity index (χ0) is 23.0. The Labute approximate surface area is 194 Å². The van der Waals surface area contributed by atoms with E-state index in [4.69, 9.17) is 0 Å². The summed E-state index contributed by atoms with van der Waals surface area (Å²) in [6.07, 6.45) is 0. The number of hydrogen-bond donors (Lipinski definition) is 0. The quantitative estimate of drug-likeness (QED) is 0.342. The zero-order valence-electron chi connectivity index (χ0n) is 20.9. The molecule has 0 saturated carbocycles. The Hall–Kier alpha value is -1.26. The molecule has 0 fully saturated rings. The zero-order valence-corrected chi connectivity index (χ0v) is 24.8. The fourth-order valence-electron chi connectivity index (χ4n) is 3.78. The summed E-state index contributed by atoms with van der Waals surface area (Å²) in [5.74, 6) is 0. The molecule has 0 aromatic heterocycles. The Morgan fingerprint density at radius 1 is 0.355 bits per heavy atom. The van der Waals surface area contributed by atoms with Crippen LogP contribution in [0.1, 0.15) is 0 Å². The average Bonchev–Trinajstić information content (AvgIpc) is 2.67. The summed E-state index contributed by atoms with van der Waals surface area (Å²) in [6, 6.07) is 28.8. The van der Waals surface area contributed by atoms with E-state index < -0.39 is 32.1 Å². The molecule has 0 nitrogen and oxygen atoms in total. The van der Waals surface area contributed by atoms with Crippen LogP contribution in [0, 0.1) is 0 Å².